The first-order valence-electron chi connectivity index (χ1n) is 11.8. The van der Waals surface area contributed by atoms with E-state index in [0.29, 0.717) is 12.0 Å². The number of hydrogen-bond acceptors (Lipinski definition) is 1. The Kier molecular flexibility index (Phi) is 4.20. The van der Waals surface area contributed by atoms with E-state index in [-0.39, 0.29) is 5.41 Å². The van der Waals surface area contributed by atoms with Gasteiger partial charge in [0, 0.05) is 11.5 Å². The van der Waals surface area contributed by atoms with Crippen LogP contribution in [0.4, 0.5) is 0 Å². The molecule has 0 saturated carbocycles. The van der Waals surface area contributed by atoms with Crippen LogP contribution in [-0.4, -0.2) is 19.0 Å². The summed E-state index contributed by atoms with van der Waals surface area (Å²) in [7, 11) is 4.44. The molecular formula is C31H31N. The fourth-order valence-electron chi connectivity index (χ4n) is 6.49. The van der Waals surface area contributed by atoms with Gasteiger partial charge in [-0.2, -0.15) is 0 Å². The van der Waals surface area contributed by atoms with Gasteiger partial charge in [0.05, 0.1) is 0 Å². The summed E-state index contributed by atoms with van der Waals surface area (Å²) in [4.78, 5) is 2.40. The van der Waals surface area contributed by atoms with Gasteiger partial charge in [-0.3, -0.25) is 0 Å². The van der Waals surface area contributed by atoms with E-state index in [9.17, 15) is 0 Å². The van der Waals surface area contributed by atoms with Gasteiger partial charge in [0.1, 0.15) is 0 Å². The van der Waals surface area contributed by atoms with Crippen LogP contribution in [0.5, 0.6) is 0 Å². The summed E-state index contributed by atoms with van der Waals surface area (Å²) in [5.74, 6) is 0.666. The molecule has 1 heteroatoms. The molecule has 2 aliphatic rings. The molecule has 0 bridgehead atoms. The van der Waals surface area contributed by atoms with E-state index in [2.05, 4.69) is 113 Å². The lowest BCUT2D eigenvalue weighted by Crippen LogP contribution is -2.23. The Labute approximate surface area is 191 Å². The number of hydrogen-bond donors (Lipinski definition) is 0. The van der Waals surface area contributed by atoms with Gasteiger partial charge in [-0.15, -0.1) is 0 Å². The highest BCUT2D eigenvalue weighted by molar-refractivity contribution is 5.97. The maximum Gasteiger partial charge on any atom is 0.0373 e. The average Bonchev–Trinajstić information content (AvgIpc) is 3.22. The second kappa shape index (κ2) is 6.80. The van der Waals surface area contributed by atoms with Crippen LogP contribution in [0.3, 0.4) is 0 Å². The molecule has 32 heavy (non-hydrogen) atoms. The summed E-state index contributed by atoms with van der Waals surface area (Å²) >= 11 is 0. The van der Waals surface area contributed by atoms with E-state index in [0.717, 1.165) is 0 Å². The van der Waals surface area contributed by atoms with Crippen molar-refractivity contribution in [2.24, 2.45) is 5.92 Å². The summed E-state index contributed by atoms with van der Waals surface area (Å²) in [5.41, 5.74) is 11.5. The van der Waals surface area contributed by atoms with Crippen LogP contribution in [0.15, 0.2) is 72.8 Å². The summed E-state index contributed by atoms with van der Waals surface area (Å²) in [6, 6.07) is 28.1. The molecule has 0 N–H and O–H groups in total. The number of fused-ring (bicyclic) bond motifs is 5. The van der Waals surface area contributed by atoms with Crippen molar-refractivity contribution >= 4 is 10.8 Å². The molecule has 2 atom stereocenters. The van der Waals surface area contributed by atoms with Gasteiger partial charge in [0.2, 0.25) is 0 Å². The minimum absolute atomic E-state index is 0.00296. The normalized spacial score (nSPS) is 20.4. The van der Waals surface area contributed by atoms with Crippen molar-refractivity contribution in [3.63, 3.8) is 0 Å². The molecule has 0 amide bonds. The van der Waals surface area contributed by atoms with E-state index >= 15 is 0 Å². The Balaban J connectivity index is 1.52. The zero-order valence-electron chi connectivity index (χ0n) is 19.7. The molecule has 0 spiro atoms. The van der Waals surface area contributed by atoms with E-state index in [1.54, 1.807) is 0 Å². The Bertz CT molecular complexity index is 1370. The minimum atomic E-state index is 0.00296. The van der Waals surface area contributed by atoms with Crippen LogP contribution < -0.4 is 0 Å². The second-order valence-corrected chi connectivity index (χ2v) is 10.6. The van der Waals surface area contributed by atoms with Crippen molar-refractivity contribution in [3.05, 3.63) is 95.1 Å². The smallest absolute Gasteiger partial charge is 0.0373 e. The Morgan fingerprint density at radius 1 is 0.781 bits per heavy atom. The van der Waals surface area contributed by atoms with Crippen LogP contribution in [-0.2, 0) is 11.8 Å². The van der Waals surface area contributed by atoms with E-state index in [1.165, 1.54) is 61.7 Å². The molecule has 6 rings (SSSR count). The predicted molar refractivity (Wildman–Crippen MR) is 136 cm³/mol. The molecule has 4 aromatic carbocycles. The zero-order chi connectivity index (χ0) is 22.2. The number of benzene rings is 4. The molecule has 4 aromatic rings. The van der Waals surface area contributed by atoms with Crippen LogP contribution in [0.1, 0.15) is 49.1 Å². The molecule has 160 valence electrons. The molecule has 2 aliphatic carbocycles. The average molecular weight is 418 g/mol. The molecule has 0 heterocycles. The monoisotopic (exact) mass is 417 g/mol. The molecule has 0 aromatic heterocycles. The fraction of sp³-hybridized carbons (Fsp3) is 0.290. The maximum atomic E-state index is 2.54. The summed E-state index contributed by atoms with van der Waals surface area (Å²) < 4.78 is 0. The first-order chi connectivity index (χ1) is 15.4. The fourth-order valence-corrected chi connectivity index (χ4v) is 6.49. The molecule has 0 fully saturated rings. The van der Waals surface area contributed by atoms with Gasteiger partial charge in [-0.1, -0.05) is 87.5 Å². The molecule has 2 unspecified atom stereocenters. The van der Waals surface area contributed by atoms with E-state index < -0.39 is 0 Å². The summed E-state index contributed by atoms with van der Waals surface area (Å²) in [6.07, 6.45) is 1.18. The van der Waals surface area contributed by atoms with Crippen molar-refractivity contribution in [1.82, 2.24) is 4.90 Å². The zero-order valence-corrected chi connectivity index (χ0v) is 19.7. The van der Waals surface area contributed by atoms with Crippen molar-refractivity contribution in [3.8, 4) is 22.3 Å². The van der Waals surface area contributed by atoms with E-state index in [1.807, 2.05) is 0 Å². The third-order valence-corrected chi connectivity index (χ3v) is 7.99. The maximum absolute atomic E-state index is 2.54. The Hall–Kier alpha value is -2.90. The topological polar surface area (TPSA) is 3.24 Å². The van der Waals surface area contributed by atoms with Gasteiger partial charge in [0.15, 0.2) is 0 Å². The van der Waals surface area contributed by atoms with Crippen LogP contribution in [0.2, 0.25) is 0 Å². The summed E-state index contributed by atoms with van der Waals surface area (Å²) in [6.45, 7) is 7.20. The van der Waals surface area contributed by atoms with Gasteiger partial charge in [-0.05, 0) is 87.8 Å². The molecule has 0 aliphatic heterocycles. The third-order valence-electron chi connectivity index (χ3n) is 7.99. The van der Waals surface area contributed by atoms with Crippen molar-refractivity contribution < 1.29 is 0 Å². The number of nitrogens with zero attached hydrogens (tertiary/aromatic N) is 1. The summed E-state index contributed by atoms with van der Waals surface area (Å²) in [5, 5.41) is 2.62. The third kappa shape index (κ3) is 2.67. The number of rotatable bonds is 2. The molecular weight excluding hydrogens is 386 g/mol. The van der Waals surface area contributed by atoms with Crippen LogP contribution in [0.25, 0.3) is 33.0 Å². The highest BCUT2D eigenvalue weighted by Crippen LogP contribution is 2.53. The highest BCUT2D eigenvalue weighted by atomic mass is 15.1. The molecule has 1 nitrogen and oxygen atoms in total. The second-order valence-electron chi connectivity index (χ2n) is 10.6. The van der Waals surface area contributed by atoms with Crippen molar-refractivity contribution in [2.75, 3.05) is 14.1 Å². The predicted octanol–water partition coefficient (Wildman–Crippen LogP) is 7.61. The van der Waals surface area contributed by atoms with Gasteiger partial charge >= 0.3 is 0 Å². The first kappa shape index (κ1) is 19.8. The van der Waals surface area contributed by atoms with Gasteiger partial charge < -0.3 is 4.90 Å². The van der Waals surface area contributed by atoms with Gasteiger partial charge in [0.25, 0.3) is 0 Å². The Morgan fingerprint density at radius 3 is 2.34 bits per heavy atom. The molecule has 0 radical (unpaired) electrons. The lowest BCUT2D eigenvalue weighted by atomic mass is 9.80. The first-order valence-corrected chi connectivity index (χ1v) is 11.8. The standard InChI is InChI=1S/C31H31N/c1-19-15-22-16-27-25-14-13-21(24-12-8-10-20-9-6-7-11-23(20)24)17-28(25)31(2,3)29(27)18-26(22)30(19)32(4)5/h6-14,16-19,30H,15H2,1-5H3. The lowest BCUT2D eigenvalue weighted by molar-refractivity contribution is 0.241. The quantitative estimate of drug-likeness (QED) is 0.324. The largest absolute Gasteiger partial charge is 0.302 e. The van der Waals surface area contributed by atoms with E-state index in [4.69, 9.17) is 0 Å². The highest BCUT2D eigenvalue weighted by Gasteiger charge is 2.39. The van der Waals surface area contributed by atoms with Gasteiger partial charge in [-0.25, -0.2) is 0 Å². The van der Waals surface area contributed by atoms with Crippen LogP contribution in [0, 0.1) is 5.92 Å². The van der Waals surface area contributed by atoms with Crippen molar-refractivity contribution in [2.45, 2.75) is 38.6 Å². The SMILES string of the molecule is CC1Cc2cc3c(cc2C1N(C)C)C(C)(C)c1cc(-c2cccc4ccccc24)ccc1-3. The van der Waals surface area contributed by atoms with Crippen molar-refractivity contribution in [1.29, 1.82) is 0 Å². The minimum Gasteiger partial charge on any atom is -0.302 e. The van der Waals surface area contributed by atoms with Crippen LogP contribution >= 0.6 is 0 Å². The molecule has 0 saturated heterocycles. The Morgan fingerprint density at radius 2 is 1.53 bits per heavy atom. The lowest BCUT2D eigenvalue weighted by Gasteiger charge is -2.27.